The number of nitrogens with one attached hydrogen (secondary N) is 1. The molecule has 0 bridgehead atoms. The van der Waals surface area contributed by atoms with Crippen LogP contribution in [0.25, 0.3) is 0 Å². The Morgan fingerprint density at radius 3 is 2.70 bits per heavy atom. The number of nitrogens with two attached hydrogens (primary N) is 1. The van der Waals surface area contributed by atoms with Gasteiger partial charge in [-0.2, -0.15) is 0 Å². The van der Waals surface area contributed by atoms with Crippen molar-refractivity contribution in [3.63, 3.8) is 0 Å². The van der Waals surface area contributed by atoms with E-state index in [-0.39, 0.29) is 5.91 Å². The molecule has 10 heavy (non-hydrogen) atoms. The van der Waals surface area contributed by atoms with Gasteiger partial charge in [-0.25, -0.2) is 10.1 Å². The van der Waals surface area contributed by atoms with Crippen LogP contribution in [0.5, 0.6) is 0 Å². The molecule has 0 radical (unpaired) electrons. The van der Waals surface area contributed by atoms with Gasteiger partial charge in [0.05, 0.1) is 6.42 Å². The number of carbonyl (C=O) groups excluding carboxylic acids is 1. The number of alkyl halides is 1. The second kappa shape index (κ2) is 5.41. The zero-order valence-corrected chi connectivity index (χ0v) is 7.57. The summed E-state index contributed by atoms with van der Waals surface area (Å²) in [4.78, 5) is 10.8. The van der Waals surface area contributed by atoms with Crippen molar-refractivity contribution >= 4 is 27.7 Å². The average Bonchev–Trinajstić information content (AvgIpc) is 1.82. The molecule has 0 aromatic heterocycles. The molecule has 0 fully saturated rings. The van der Waals surface area contributed by atoms with E-state index in [0.717, 1.165) is 11.8 Å². The van der Waals surface area contributed by atoms with Crippen molar-refractivity contribution < 1.29 is 10.2 Å². The van der Waals surface area contributed by atoms with Gasteiger partial charge in [0.1, 0.15) is 0 Å². The van der Waals surface area contributed by atoms with Crippen LogP contribution in [-0.4, -0.2) is 17.1 Å². The zero-order chi connectivity index (χ0) is 7.98. The van der Waals surface area contributed by atoms with Gasteiger partial charge in [0.2, 0.25) is 5.84 Å². The summed E-state index contributed by atoms with van der Waals surface area (Å²) in [6.45, 7) is 1.66. The van der Waals surface area contributed by atoms with E-state index in [0.29, 0.717) is 12.3 Å². The Hall–Kier alpha value is -0.380. The molecule has 0 aliphatic heterocycles. The van der Waals surface area contributed by atoms with Crippen LogP contribution in [0.2, 0.25) is 0 Å². The van der Waals surface area contributed by atoms with Crippen molar-refractivity contribution in [2.24, 2.45) is 0 Å². The summed E-state index contributed by atoms with van der Waals surface area (Å²) in [6.07, 6.45) is 1.37. The summed E-state index contributed by atoms with van der Waals surface area (Å²) < 4.78 is 0. The Morgan fingerprint density at radius 1 is 1.70 bits per heavy atom. The fourth-order valence-electron chi connectivity index (χ4n) is 0.510. The van der Waals surface area contributed by atoms with Crippen LogP contribution in [-0.2, 0) is 4.79 Å². The molecule has 0 aliphatic rings. The topological polar surface area (TPSA) is 54.7 Å². The van der Waals surface area contributed by atoms with Gasteiger partial charge in [-0.05, 0) is 6.42 Å². The molecule has 0 rings (SSSR count). The van der Waals surface area contributed by atoms with Gasteiger partial charge < -0.3 is 0 Å². The Bertz CT molecular complexity index is 136. The van der Waals surface area contributed by atoms with E-state index in [9.17, 15) is 4.79 Å². The third-order valence-corrected chi connectivity index (χ3v) is 1.43. The molecule has 58 valence electrons. The maximum absolute atomic E-state index is 10.8. The second-order valence-corrected chi connectivity index (χ2v) is 2.82. The minimum Gasteiger partial charge on any atom is -0.291 e. The SMILES string of the molecule is CC(=[NH2+])NC(=O)CCCBr. The van der Waals surface area contributed by atoms with Crippen molar-refractivity contribution in [1.29, 1.82) is 0 Å². The van der Waals surface area contributed by atoms with Crippen molar-refractivity contribution in [3.05, 3.63) is 0 Å². The van der Waals surface area contributed by atoms with Gasteiger partial charge in [0, 0.05) is 12.3 Å². The van der Waals surface area contributed by atoms with Gasteiger partial charge in [0.15, 0.2) is 0 Å². The predicted molar refractivity (Wildman–Crippen MR) is 43.8 cm³/mol. The van der Waals surface area contributed by atoms with Crippen LogP contribution < -0.4 is 10.7 Å². The number of amidine groups is 1. The monoisotopic (exact) mass is 207 g/mol. The molecule has 0 aromatic carbocycles. The number of hydrogen-bond donors (Lipinski definition) is 2. The smallest absolute Gasteiger partial charge is 0.291 e. The van der Waals surface area contributed by atoms with Gasteiger partial charge in [-0.1, -0.05) is 15.9 Å². The molecule has 0 spiro atoms. The highest BCUT2D eigenvalue weighted by Crippen LogP contribution is 1.92. The fraction of sp³-hybridized carbons (Fsp3) is 0.667. The molecule has 0 unspecified atom stereocenters. The highest BCUT2D eigenvalue weighted by molar-refractivity contribution is 9.09. The third kappa shape index (κ3) is 5.75. The Morgan fingerprint density at radius 2 is 2.30 bits per heavy atom. The van der Waals surface area contributed by atoms with E-state index < -0.39 is 0 Å². The molecule has 0 heterocycles. The second-order valence-electron chi connectivity index (χ2n) is 2.02. The number of halogens is 1. The number of hydrogen-bond acceptors (Lipinski definition) is 1. The largest absolute Gasteiger partial charge is 0.307 e. The molecule has 0 atom stereocenters. The molecule has 0 saturated heterocycles. The minimum atomic E-state index is -0.0144. The minimum absolute atomic E-state index is 0.0144. The van der Waals surface area contributed by atoms with Crippen molar-refractivity contribution in [2.75, 3.05) is 5.33 Å². The third-order valence-electron chi connectivity index (χ3n) is 0.874. The molecule has 3 N–H and O–H groups in total. The van der Waals surface area contributed by atoms with E-state index in [1.165, 1.54) is 0 Å². The van der Waals surface area contributed by atoms with Gasteiger partial charge in [0.25, 0.3) is 0 Å². The van der Waals surface area contributed by atoms with Crippen LogP contribution in [0, 0.1) is 0 Å². The normalized spacial score (nSPS) is 9.00. The summed E-state index contributed by atoms with van der Waals surface area (Å²) in [5.41, 5.74) is 0. The molecule has 0 saturated carbocycles. The van der Waals surface area contributed by atoms with Gasteiger partial charge in [-0.15, -0.1) is 0 Å². The molecule has 0 aliphatic carbocycles. The van der Waals surface area contributed by atoms with Gasteiger partial charge in [-0.3, -0.25) is 5.41 Å². The first kappa shape index (κ1) is 9.62. The Balaban J connectivity index is 3.35. The van der Waals surface area contributed by atoms with E-state index in [1.807, 2.05) is 0 Å². The lowest BCUT2D eigenvalue weighted by Gasteiger charge is -1.92. The first-order valence-corrected chi connectivity index (χ1v) is 4.24. The summed E-state index contributed by atoms with van der Waals surface area (Å²) >= 11 is 3.23. The lowest BCUT2D eigenvalue weighted by atomic mass is 10.3. The first-order valence-electron chi connectivity index (χ1n) is 3.11. The molecule has 1 amide bonds. The Labute approximate surface area is 68.8 Å². The maximum atomic E-state index is 10.8. The van der Waals surface area contributed by atoms with Crippen molar-refractivity contribution in [3.8, 4) is 0 Å². The maximum Gasteiger partial charge on any atom is 0.307 e. The molecule has 3 nitrogen and oxygen atoms in total. The van der Waals surface area contributed by atoms with E-state index in [4.69, 9.17) is 5.41 Å². The zero-order valence-electron chi connectivity index (χ0n) is 5.98. The lowest BCUT2D eigenvalue weighted by Crippen LogP contribution is -2.48. The van der Waals surface area contributed by atoms with Crippen LogP contribution in [0.4, 0.5) is 0 Å². The molecule has 0 aromatic rings. The first-order chi connectivity index (χ1) is 4.66. The van der Waals surface area contributed by atoms with E-state index >= 15 is 0 Å². The molecule has 4 heteroatoms. The van der Waals surface area contributed by atoms with Crippen molar-refractivity contribution in [2.45, 2.75) is 19.8 Å². The predicted octanol–water partition coefficient (Wildman–Crippen LogP) is -0.545. The van der Waals surface area contributed by atoms with Crippen LogP contribution in [0.1, 0.15) is 19.8 Å². The van der Waals surface area contributed by atoms with Crippen molar-refractivity contribution in [1.82, 2.24) is 5.32 Å². The standard InChI is InChI=1S/C6H11BrN2O/c1-5(8)9-6(10)3-2-4-7/h2-4H2,1H3,(H2,8,9,10)/p+1. The summed E-state index contributed by atoms with van der Waals surface area (Å²) in [6, 6.07) is 0. The van der Waals surface area contributed by atoms with E-state index in [1.54, 1.807) is 6.92 Å². The number of carbonyl (C=O) groups is 1. The lowest BCUT2D eigenvalue weighted by molar-refractivity contribution is -0.129. The summed E-state index contributed by atoms with van der Waals surface area (Å²) in [5.74, 6) is 0.444. The summed E-state index contributed by atoms with van der Waals surface area (Å²) in [7, 11) is 0. The highest BCUT2D eigenvalue weighted by Gasteiger charge is 2.05. The van der Waals surface area contributed by atoms with E-state index in [2.05, 4.69) is 21.2 Å². The molecular weight excluding hydrogens is 196 g/mol. The van der Waals surface area contributed by atoms with Crippen LogP contribution >= 0.6 is 15.9 Å². The quantitative estimate of drug-likeness (QED) is 0.365. The summed E-state index contributed by atoms with van der Waals surface area (Å²) in [5, 5.41) is 8.60. The number of amides is 1. The Kier molecular flexibility index (Phi) is 5.20. The average molecular weight is 208 g/mol. The van der Waals surface area contributed by atoms with Gasteiger partial charge >= 0.3 is 5.91 Å². The number of rotatable bonds is 3. The molecular formula is C6H12BrN2O+. The fourth-order valence-corrected chi connectivity index (χ4v) is 0.790. The van der Waals surface area contributed by atoms with Crippen LogP contribution in [0.15, 0.2) is 0 Å². The van der Waals surface area contributed by atoms with Crippen LogP contribution in [0.3, 0.4) is 0 Å². The highest BCUT2D eigenvalue weighted by atomic mass is 79.9.